The second-order valence-electron chi connectivity index (χ2n) is 8.01. The summed E-state index contributed by atoms with van der Waals surface area (Å²) in [5, 5.41) is 3.06. The molecule has 136 valence electrons. The number of hydrogen-bond donors (Lipinski definition) is 1. The molecule has 0 fully saturated rings. The Morgan fingerprint density at radius 1 is 1.17 bits per heavy atom. The molecule has 0 bridgehead atoms. The van der Waals surface area contributed by atoms with E-state index in [-0.39, 0.29) is 26.8 Å². The number of carbonyl (C=O) groups is 1. The molecule has 0 aliphatic carbocycles. The molecule has 0 heterocycles. The Bertz CT molecular complexity index is 720. The summed E-state index contributed by atoms with van der Waals surface area (Å²) in [5.74, 6) is -0.323. The van der Waals surface area contributed by atoms with Crippen molar-refractivity contribution in [2.24, 2.45) is 5.41 Å². The Hall–Kier alpha value is -1.11. The smallest absolute Gasteiger partial charge is 0.251 e. The molecule has 0 spiro atoms. The third-order valence-corrected chi connectivity index (χ3v) is 5.67. The SMILES string of the molecule is CN(C)S(=O)(=O)c1cc(C(=O)NC(C)(C)CC(C)(C)C)ccc1Cl. The molecule has 0 radical (unpaired) electrons. The number of nitrogens with one attached hydrogen (secondary N) is 1. The maximum atomic E-state index is 12.5. The number of carbonyl (C=O) groups excluding carboxylic acids is 1. The van der Waals surface area contributed by atoms with Gasteiger partial charge in [0.25, 0.3) is 5.91 Å². The molecular formula is C17H27ClN2O3S. The van der Waals surface area contributed by atoms with Gasteiger partial charge in [0.1, 0.15) is 4.90 Å². The highest BCUT2D eigenvalue weighted by Crippen LogP contribution is 2.28. The maximum absolute atomic E-state index is 12.5. The van der Waals surface area contributed by atoms with Crippen molar-refractivity contribution in [1.29, 1.82) is 0 Å². The zero-order chi connectivity index (χ0) is 18.9. The van der Waals surface area contributed by atoms with E-state index in [2.05, 4.69) is 26.1 Å². The highest BCUT2D eigenvalue weighted by Gasteiger charge is 2.28. The summed E-state index contributed by atoms with van der Waals surface area (Å²) in [7, 11) is -0.872. The summed E-state index contributed by atoms with van der Waals surface area (Å²) in [5.41, 5.74) is -0.104. The second kappa shape index (κ2) is 7.02. The zero-order valence-electron chi connectivity index (χ0n) is 15.4. The lowest BCUT2D eigenvalue weighted by atomic mass is 9.81. The van der Waals surface area contributed by atoms with Gasteiger partial charge in [0.05, 0.1) is 5.02 Å². The first kappa shape index (κ1) is 20.9. The lowest BCUT2D eigenvalue weighted by molar-refractivity contribution is 0.0891. The summed E-state index contributed by atoms with van der Waals surface area (Å²) in [4.78, 5) is 12.5. The van der Waals surface area contributed by atoms with Crippen molar-refractivity contribution in [2.75, 3.05) is 14.1 Å². The highest BCUT2D eigenvalue weighted by molar-refractivity contribution is 7.89. The second-order valence-corrected chi connectivity index (χ2v) is 10.5. The van der Waals surface area contributed by atoms with Crippen LogP contribution in [0.1, 0.15) is 51.4 Å². The van der Waals surface area contributed by atoms with Gasteiger partial charge in [-0.15, -0.1) is 0 Å². The predicted molar refractivity (Wildman–Crippen MR) is 97.9 cm³/mol. The maximum Gasteiger partial charge on any atom is 0.251 e. The standard InChI is InChI=1S/C17H27ClN2O3S/c1-16(2,3)11-17(4,5)19-15(21)12-8-9-13(18)14(10-12)24(22,23)20(6)7/h8-10H,11H2,1-7H3,(H,19,21). The lowest BCUT2D eigenvalue weighted by Crippen LogP contribution is -2.45. The van der Waals surface area contributed by atoms with Gasteiger partial charge >= 0.3 is 0 Å². The van der Waals surface area contributed by atoms with E-state index in [0.29, 0.717) is 0 Å². The number of amides is 1. The molecular weight excluding hydrogens is 348 g/mol. The van der Waals surface area contributed by atoms with E-state index >= 15 is 0 Å². The summed E-state index contributed by atoms with van der Waals surface area (Å²) in [6.07, 6.45) is 0.780. The molecule has 0 aliphatic heterocycles. The largest absolute Gasteiger partial charge is 0.347 e. The van der Waals surface area contributed by atoms with Gasteiger partial charge in [-0.25, -0.2) is 12.7 Å². The number of hydrogen-bond acceptors (Lipinski definition) is 3. The monoisotopic (exact) mass is 374 g/mol. The van der Waals surface area contributed by atoms with Crippen LogP contribution < -0.4 is 5.32 Å². The van der Waals surface area contributed by atoms with Gasteiger partial charge in [-0.2, -0.15) is 0 Å². The van der Waals surface area contributed by atoms with Gasteiger partial charge in [0, 0.05) is 25.2 Å². The molecule has 1 aromatic carbocycles. The molecule has 0 unspecified atom stereocenters. The Kier molecular flexibility index (Phi) is 6.12. The Labute approximate surface area is 150 Å². The number of halogens is 1. The van der Waals surface area contributed by atoms with E-state index in [4.69, 9.17) is 11.6 Å². The van der Waals surface area contributed by atoms with Crippen molar-refractivity contribution >= 4 is 27.5 Å². The fraction of sp³-hybridized carbons (Fsp3) is 0.588. The molecule has 1 rings (SSSR count). The predicted octanol–water partition coefficient (Wildman–Crippen LogP) is 3.53. The van der Waals surface area contributed by atoms with Crippen LogP contribution in [0.3, 0.4) is 0 Å². The summed E-state index contributed by atoms with van der Waals surface area (Å²) >= 11 is 6.01. The Morgan fingerprint density at radius 2 is 1.71 bits per heavy atom. The number of sulfonamides is 1. The number of rotatable bonds is 5. The van der Waals surface area contributed by atoms with Crippen molar-refractivity contribution in [3.63, 3.8) is 0 Å². The van der Waals surface area contributed by atoms with Gasteiger partial charge < -0.3 is 5.32 Å². The van der Waals surface area contributed by atoms with E-state index < -0.39 is 15.6 Å². The molecule has 5 nitrogen and oxygen atoms in total. The van der Waals surface area contributed by atoms with Gasteiger partial charge in [-0.1, -0.05) is 32.4 Å². The third kappa shape index (κ3) is 5.46. The van der Waals surface area contributed by atoms with Crippen molar-refractivity contribution in [3.05, 3.63) is 28.8 Å². The fourth-order valence-corrected chi connectivity index (χ4v) is 4.18. The van der Waals surface area contributed by atoms with Crippen molar-refractivity contribution in [3.8, 4) is 0 Å². The zero-order valence-corrected chi connectivity index (χ0v) is 17.0. The van der Waals surface area contributed by atoms with E-state index in [0.717, 1.165) is 10.7 Å². The number of nitrogens with zero attached hydrogens (tertiary/aromatic N) is 1. The minimum atomic E-state index is -3.71. The molecule has 0 saturated carbocycles. The van der Waals surface area contributed by atoms with Gasteiger partial charge in [0.15, 0.2) is 0 Å². The normalized spacial score (nSPS) is 13.2. The first-order chi connectivity index (χ1) is 10.7. The molecule has 7 heteroatoms. The van der Waals surface area contributed by atoms with Crippen molar-refractivity contribution in [1.82, 2.24) is 9.62 Å². The molecule has 1 aromatic rings. The summed E-state index contributed by atoms with van der Waals surface area (Å²) in [6, 6.07) is 4.28. The molecule has 0 aliphatic rings. The van der Waals surface area contributed by atoms with Crippen LogP contribution in [-0.4, -0.2) is 38.3 Å². The Morgan fingerprint density at radius 3 is 2.17 bits per heavy atom. The topological polar surface area (TPSA) is 66.5 Å². The van der Waals surface area contributed by atoms with Crippen LogP contribution in [0.4, 0.5) is 0 Å². The first-order valence-electron chi connectivity index (χ1n) is 7.70. The van der Waals surface area contributed by atoms with Crippen LogP contribution in [0.2, 0.25) is 5.02 Å². The molecule has 24 heavy (non-hydrogen) atoms. The van der Waals surface area contributed by atoms with Gasteiger partial charge in [-0.3, -0.25) is 4.79 Å². The van der Waals surface area contributed by atoms with E-state index in [1.54, 1.807) is 0 Å². The van der Waals surface area contributed by atoms with E-state index in [1.807, 2.05) is 13.8 Å². The quantitative estimate of drug-likeness (QED) is 0.857. The summed E-state index contributed by atoms with van der Waals surface area (Å²) in [6.45, 7) is 10.2. The lowest BCUT2D eigenvalue weighted by Gasteiger charge is -2.33. The van der Waals surface area contributed by atoms with E-state index in [1.165, 1.54) is 32.3 Å². The fourth-order valence-electron chi connectivity index (χ4n) is 2.79. The van der Waals surface area contributed by atoms with Crippen LogP contribution in [0, 0.1) is 5.41 Å². The van der Waals surface area contributed by atoms with Gasteiger partial charge in [-0.05, 0) is 43.9 Å². The minimum absolute atomic E-state index is 0.0518. The molecule has 0 saturated heterocycles. The van der Waals surface area contributed by atoms with Crippen LogP contribution in [0.25, 0.3) is 0 Å². The van der Waals surface area contributed by atoms with Crippen LogP contribution in [0.15, 0.2) is 23.1 Å². The van der Waals surface area contributed by atoms with Crippen LogP contribution >= 0.6 is 11.6 Å². The first-order valence-corrected chi connectivity index (χ1v) is 9.52. The minimum Gasteiger partial charge on any atom is -0.347 e. The van der Waals surface area contributed by atoms with Crippen LogP contribution in [-0.2, 0) is 10.0 Å². The summed E-state index contributed by atoms with van der Waals surface area (Å²) < 4.78 is 25.7. The molecule has 1 N–H and O–H groups in total. The van der Waals surface area contributed by atoms with Crippen LogP contribution in [0.5, 0.6) is 0 Å². The molecule has 1 amide bonds. The average Bonchev–Trinajstić information content (AvgIpc) is 2.34. The number of benzene rings is 1. The van der Waals surface area contributed by atoms with Crippen molar-refractivity contribution < 1.29 is 13.2 Å². The molecule has 0 atom stereocenters. The highest BCUT2D eigenvalue weighted by atomic mass is 35.5. The molecule has 0 aromatic heterocycles. The average molecular weight is 375 g/mol. The Balaban J connectivity index is 3.14. The third-order valence-electron chi connectivity index (χ3n) is 3.38. The van der Waals surface area contributed by atoms with Crippen molar-refractivity contribution in [2.45, 2.75) is 51.5 Å². The van der Waals surface area contributed by atoms with E-state index in [9.17, 15) is 13.2 Å². The van der Waals surface area contributed by atoms with Gasteiger partial charge in [0.2, 0.25) is 10.0 Å².